The first-order chi connectivity index (χ1) is 13.0. The Morgan fingerprint density at radius 2 is 0.893 bits per heavy atom. The molecule has 0 heterocycles. The van der Waals surface area contributed by atoms with Crippen molar-refractivity contribution in [1.82, 2.24) is 0 Å². The Labute approximate surface area is 174 Å². The number of hydrogen-bond acceptors (Lipinski definition) is 4. The topological polar surface area (TPSA) is 52.6 Å². The van der Waals surface area contributed by atoms with Crippen molar-refractivity contribution >= 4 is 11.9 Å². The minimum absolute atomic E-state index is 0.103. The summed E-state index contributed by atoms with van der Waals surface area (Å²) >= 11 is 0. The quantitative estimate of drug-likeness (QED) is 0.305. The van der Waals surface area contributed by atoms with E-state index in [-0.39, 0.29) is 24.8 Å². The molecule has 0 amide bonds. The summed E-state index contributed by atoms with van der Waals surface area (Å²) in [5.74, 6) is 2.44. The zero-order chi connectivity index (χ0) is 21.7. The molecule has 0 aliphatic rings. The molecule has 0 fully saturated rings. The van der Waals surface area contributed by atoms with Crippen molar-refractivity contribution in [3.05, 3.63) is 0 Å². The lowest BCUT2D eigenvalue weighted by atomic mass is 9.89. The maximum absolute atomic E-state index is 12.0. The average molecular weight is 399 g/mol. The first kappa shape index (κ1) is 26.9. The lowest BCUT2D eigenvalue weighted by Crippen LogP contribution is -2.21. The van der Waals surface area contributed by atoms with Gasteiger partial charge in [-0.05, 0) is 48.3 Å². The van der Waals surface area contributed by atoms with Crippen LogP contribution in [0.3, 0.4) is 0 Å². The molecule has 0 bridgehead atoms. The molecule has 0 aromatic rings. The first-order valence-corrected chi connectivity index (χ1v) is 11.3. The van der Waals surface area contributed by atoms with Gasteiger partial charge in [0.1, 0.15) is 0 Å². The Bertz CT molecular complexity index is 386. The molecule has 0 N–H and O–H groups in total. The van der Waals surface area contributed by atoms with Crippen LogP contribution in [0, 0.1) is 35.5 Å². The van der Waals surface area contributed by atoms with Crippen LogP contribution in [0.2, 0.25) is 0 Å². The van der Waals surface area contributed by atoms with E-state index < -0.39 is 0 Å². The maximum atomic E-state index is 12.0. The minimum Gasteiger partial charge on any atom is -0.465 e. The zero-order valence-electron chi connectivity index (χ0n) is 19.8. The largest absolute Gasteiger partial charge is 0.465 e. The monoisotopic (exact) mass is 398 g/mol. The second-order valence-corrected chi connectivity index (χ2v) is 9.82. The number of rotatable bonds is 15. The molecule has 166 valence electrons. The molecule has 0 aliphatic heterocycles. The van der Waals surface area contributed by atoms with Crippen molar-refractivity contribution in [2.75, 3.05) is 13.2 Å². The summed E-state index contributed by atoms with van der Waals surface area (Å²) in [7, 11) is 0. The Morgan fingerprint density at radius 1 is 0.571 bits per heavy atom. The van der Waals surface area contributed by atoms with E-state index in [9.17, 15) is 9.59 Å². The summed E-state index contributed by atoms with van der Waals surface area (Å²) < 4.78 is 10.9. The lowest BCUT2D eigenvalue weighted by Gasteiger charge is -2.22. The van der Waals surface area contributed by atoms with Crippen LogP contribution in [-0.4, -0.2) is 25.2 Å². The van der Waals surface area contributed by atoms with Crippen LogP contribution in [-0.2, 0) is 19.1 Å². The summed E-state index contributed by atoms with van der Waals surface area (Å²) in [4.78, 5) is 24.0. The molecule has 0 radical (unpaired) electrons. The van der Waals surface area contributed by atoms with Crippen LogP contribution in [0.5, 0.6) is 0 Å². The van der Waals surface area contributed by atoms with E-state index in [0.29, 0.717) is 48.7 Å². The van der Waals surface area contributed by atoms with Crippen LogP contribution in [0.25, 0.3) is 0 Å². The van der Waals surface area contributed by atoms with Crippen LogP contribution in [0.1, 0.15) is 93.9 Å². The molecule has 0 saturated carbocycles. The summed E-state index contributed by atoms with van der Waals surface area (Å²) in [6.45, 7) is 18.4. The van der Waals surface area contributed by atoms with E-state index in [0.717, 1.165) is 25.7 Å². The summed E-state index contributed by atoms with van der Waals surface area (Å²) in [5, 5.41) is 0. The fourth-order valence-corrected chi connectivity index (χ4v) is 3.06. The van der Waals surface area contributed by atoms with Crippen molar-refractivity contribution in [2.24, 2.45) is 35.5 Å². The first-order valence-electron chi connectivity index (χ1n) is 11.3. The van der Waals surface area contributed by atoms with Gasteiger partial charge in [0.05, 0.1) is 26.1 Å². The predicted octanol–water partition coefficient (Wildman–Crippen LogP) is 6.27. The standard InChI is InChI=1S/C24H46O4/c1-17(2)9-11-21(19(5)6)15-27-23(25)13-14-24(26)28-16-22(20(7)8)12-10-18(3)4/h17-22H,9-16H2,1-8H3. The number of hydrogen-bond donors (Lipinski definition) is 0. The van der Waals surface area contributed by atoms with Gasteiger partial charge in [0, 0.05) is 0 Å². The summed E-state index contributed by atoms with van der Waals surface area (Å²) in [5.41, 5.74) is 0. The number of esters is 2. The molecule has 0 aromatic heterocycles. The van der Waals surface area contributed by atoms with Gasteiger partial charge in [-0.1, -0.05) is 68.2 Å². The van der Waals surface area contributed by atoms with Gasteiger partial charge in [0.2, 0.25) is 0 Å². The highest BCUT2D eigenvalue weighted by molar-refractivity contribution is 5.77. The molecule has 0 aromatic carbocycles. The van der Waals surface area contributed by atoms with Gasteiger partial charge < -0.3 is 9.47 Å². The van der Waals surface area contributed by atoms with Gasteiger partial charge in [-0.3, -0.25) is 9.59 Å². The molecule has 0 aliphatic carbocycles. The van der Waals surface area contributed by atoms with Crippen molar-refractivity contribution in [1.29, 1.82) is 0 Å². The van der Waals surface area contributed by atoms with Crippen molar-refractivity contribution < 1.29 is 19.1 Å². The molecular weight excluding hydrogens is 352 g/mol. The Morgan fingerprint density at radius 3 is 1.14 bits per heavy atom. The van der Waals surface area contributed by atoms with Crippen molar-refractivity contribution in [3.8, 4) is 0 Å². The maximum Gasteiger partial charge on any atom is 0.306 e. The molecule has 2 unspecified atom stereocenters. The number of carbonyl (C=O) groups is 2. The Balaban J connectivity index is 4.16. The summed E-state index contributed by atoms with van der Waals surface area (Å²) in [6, 6.07) is 0. The molecule has 0 saturated heterocycles. The van der Waals surface area contributed by atoms with Gasteiger partial charge in [-0.2, -0.15) is 0 Å². The van der Waals surface area contributed by atoms with E-state index in [1.807, 2.05) is 0 Å². The normalized spacial score (nSPS) is 14.0. The third kappa shape index (κ3) is 14.0. The minimum atomic E-state index is -0.299. The molecule has 28 heavy (non-hydrogen) atoms. The highest BCUT2D eigenvalue weighted by Crippen LogP contribution is 2.22. The number of ether oxygens (including phenoxy) is 2. The Kier molecular flexibility index (Phi) is 14.3. The highest BCUT2D eigenvalue weighted by Gasteiger charge is 2.19. The third-order valence-electron chi connectivity index (χ3n) is 5.57. The van der Waals surface area contributed by atoms with E-state index in [2.05, 4.69) is 55.4 Å². The molecule has 0 rings (SSSR count). The molecule has 4 heteroatoms. The van der Waals surface area contributed by atoms with E-state index in [4.69, 9.17) is 9.47 Å². The van der Waals surface area contributed by atoms with E-state index in [1.54, 1.807) is 0 Å². The van der Waals surface area contributed by atoms with Crippen LogP contribution < -0.4 is 0 Å². The van der Waals surface area contributed by atoms with Crippen LogP contribution >= 0.6 is 0 Å². The lowest BCUT2D eigenvalue weighted by molar-refractivity contribution is -0.152. The average Bonchev–Trinajstić information content (AvgIpc) is 2.58. The summed E-state index contributed by atoms with van der Waals surface area (Å²) in [6.07, 6.45) is 4.62. The molecule has 2 atom stereocenters. The molecular formula is C24H46O4. The molecule has 0 spiro atoms. The fourth-order valence-electron chi connectivity index (χ4n) is 3.06. The van der Waals surface area contributed by atoms with Gasteiger partial charge in [0.15, 0.2) is 0 Å². The number of carbonyl (C=O) groups excluding carboxylic acids is 2. The SMILES string of the molecule is CC(C)CCC(COC(=O)CCC(=O)OCC(CCC(C)C)C(C)C)C(C)C. The van der Waals surface area contributed by atoms with Gasteiger partial charge >= 0.3 is 11.9 Å². The van der Waals surface area contributed by atoms with Gasteiger partial charge in [-0.15, -0.1) is 0 Å². The fraction of sp³-hybridized carbons (Fsp3) is 0.917. The van der Waals surface area contributed by atoms with Crippen LogP contribution in [0.15, 0.2) is 0 Å². The van der Waals surface area contributed by atoms with Crippen molar-refractivity contribution in [2.45, 2.75) is 93.9 Å². The van der Waals surface area contributed by atoms with Crippen molar-refractivity contribution in [3.63, 3.8) is 0 Å². The predicted molar refractivity (Wildman–Crippen MR) is 116 cm³/mol. The van der Waals surface area contributed by atoms with Crippen LogP contribution in [0.4, 0.5) is 0 Å². The Hall–Kier alpha value is -1.06. The molecule has 4 nitrogen and oxygen atoms in total. The van der Waals surface area contributed by atoms with E-state index in [1.165, 1.54) is 0 Å². The third-order valence-corrected chi connectivity index (χ3v) is 5.57. The highest BCUT2D eigenvalue weighted by atomic mass is 16.5. The second-order valence-electron chi connectivity index (χ2n) is 9.82. The zero-order valence-corrected chi connectivity index (χ0v) is 19.8. The smallest absolute Gasteiger partial charge is 0.306 e. The van der Waals surface area contributed by atoms with E-state index >= 15 is 0 Å². The van der Waals surface area contributed by atoms with Gasteiger partial charge in [-0.25, -0.2) is 0 Å². The second kappa shape index (κ2) is 14.9. The van der Waals surface area contributed by atoms with Gasteiger partial charge in [0.25, 0.3) is 0 Å².